The molecule has 1 saturated carbocycles. The third kappa shape index (κ3) is 8.22. The second-order valence-corrected chi connectivity index (χ2v) is 17.6. The number of nitriles is 1. The summed E-state index contributed by atoms with van der Waals surface area (Å²) in [6.07, 6.45) is 11.2. The molecule has 2 aliphatic rings. The van der Waals surface area contributed by atoms with Gasteiger partial charge in [-0.2, -0.15) is 0 Å². The quantitative estimate of drug-likeness (QED) is 0.0975. The van der Waals surface area contributed by atoms with Gasteiger partial charge in [-0.25, -0.2) is 0 Å². The first-order valence-electron chi connectivity index (χ1n) is 12.9. The molecule has 1 saturated heterocycles. The van der Waals surface area contributed by atoms with Crippen molar-refractivity contribution >= 4 is 63.6 Å². The molecule has 5 nitrogen and oxygen atoms in total. The molecule has 1 aliphatic heterocycles. The van der Waals surface area contributed by atoms with Gasteiger partial charge in [-0.3, -0.25) is 4.99 Å². The number of aliphatic imine (C=N–C) groups is 1. The molecule has 0 radical (unpaired) electrons. The minimum atomic E-state index is -1.29. The van der Waals surface area contributed by atoms with Gasteiger partial charge < -0.3 is 5.41 Å². The Morgan fingerprint density at radius 2 is 2.05 bits per heavy atom. The van der Waals surface area contributed by atoms with Gasteiger partial charge in [0.15, 0.2) is 0 Å². The molecule has 0 aromatic heterocycles. The Kier molecular flexibility index (Phi) is 11.5. The predicted molar refractivity (Wildman–Crippen MR) is 179 cm³/mol. The van der Waals surface area contributed by atoms with Crippen molar-refractivity contribution in [2.75, 3.05) is 8.86 Å². The van der Waals surface area contributed by atoms with E-state index in [-0.39, 0.29) is 12.0 Å². The first kappa shape index (κ1) is 30.5. The summed E-state index contributed by atoms with van der Waals surface area (Å²) in [6.45, 7) is 13.9. The first-order valence-corrected chi connectivity index (χ1v) is 18.3. The minimum absolute atomic E-state index is 0.0825. The Labute approximate surface area is 248 Å². The van der Waals surface area contributed by atoms with Crippen LogP contribution in [0.25, 0.3) is 5.57 Å². The van der Waals surface area contributed by atoms with Crippen LogP contribution in [0.5, 0.6) is 5.75 Å². The summed E-state index contributed by atoms with van der Waals surface area (Å²) in [7, 11) is 0. The molecular weight excluding hydrogens is 698 g/mol. The second-order valence-electron chi connectivity index (χ2n) is 9.82. The number of nitrogens with one attached hydrogen (secondary N) is 2. The van der Waals surface area contributed by atoms with Crippen molar-refractivity contribution in [1.29, 1.82) is 16.1 Å². The van der Waals surface area contributed by atoms with Crippen LogP contribution in [0.1, 0.15) is 57.6 Å². The van der Waals surface area contributed by atoms with E-state index < -0.39 is 19.8 Å². The number of benzene rings is 1. The molecule has 7 heteroatoms. The van der Waals surface area contributed by atoms with E-state index in [1.807, 2.05) is 38.1 Å². The average molecular weight is 736 g/mol. The molecule has 1 heterocycles. The van der Waals surface area contributed by atoms with Gasteiger partial charge in [0.05, 0.1) is 0 Å². The van der Waals surface area contributed by atoms with Crippen LogP contribution in [0, 0.1) is 34.0 Å². The maximum atomic E-state index is 9.90. The Morgan fingerprint density at radius 1 is 1.29 bits per heavy atom. The summed E-state index contributed by atoms with van der Waals surface area (Å²) < 4.78 is 9.85. The van der Waals surface area contributed by atoms with Crippen LogP contribution in [0.15, 0.2) is 65.8 Å². The van der Waals surface area contributed by atoms with Crippen molar-refractivity contribution < 1.29 is 4.74 Å². The van der Waals surface area contributed by atoms with Crippen molar-refractivity contribution in [3.8, 4) is 11.8 Å². The summed E-state index contributed by atoms with van der Waals surface area (Å²) in [5.74, 6) is 1.24. The van der Waals surface area contributed by atoms with Gasteiger partial charge in [-0.05, 0) is 19.8 Å². The fourth-order valence-electron chi connectivity index (χ4n) is 4.65. The molecule has 202 valence electrons. The van der Waals surface area contributed by atoms with E-state index in [0.29, 0.717) is 21.2 Å². The molecule has 1 aromatic rings. The summed E-state index contributed by atoms with van der Waals surface area (Å²) in [6, 6.07) is 8.15. The van der Waals surface area contributed by atoms with Crippen molar-refractivity contribution in [2.45, 2.75) is 56.5 Å². The number of nitrogens with zero attached hydrogens (tertiary/aromatic N) is 2. The zero-order valence-corrected chi connectivity index (χ0v) is 26.9. The zero-order chi connectivity index (χ0) is 27.8. The van der Waals surface area contributed by atoms with E-state index >= 15 is 0 Å². The predicted octanol–water partition coefficient (Wildman–Crippen LogP) is 8.57. The Bertz CT molecular complexity index is 1220. The van der Waals surface area contributed by atoms with Crippen molar-refractivity contribution in [1.82, 2.24) is 0 Å². The number of halogens is 2. The number of hydrogen-bond donors (Lipinski definition) is 2. The topological polar surface area (TPSA) is 93.1 Å². The van der Waals surface area contributed by atoms with E-state index in [0.717, 1.165) is 60.8 Å². The van der Waals surface area contributed by atoms with Gasteiger partial charge >= 0.3 is 184 Å². The molecular formula is C31H38I2N4O. The first-order chi connectivity index (χ1) is 18.2. The van der Waals surface area contributed by atoms with Crippen molar-refractivity contribution in [3.05, 3.63) is 72.0 Å². The van der Waals surface area contributed by atoms with Gasteiger partial charge in [0, 0.05) is 29.5 Å². The summed E-state index contributed by atoms with van der Waals surface area (Å²) in [5, 5.41) is 26.4. The van der Waals surface area contributed by atoms with Gasteiger partial charge in [0.2, 0.25) is 0 Å². The van der Waals surface area contributed by atoms with Crippen molar-refractivity contribution in [3.63, 3.8) is 0 Å². The molecule has 2 unspecified atom stereocenters. The molecule has 2 N–H and O–H groups in total. The van der Waals surface area contributed by atoms with Crippen LogP contribution < -0.4 is 4.74 Å². The van der Waals surface area contributed by atoms with Crippen LogP contribution in [0.3, 0.4) is 0 Å². The normalized spacial score (nSPS) is 24.6. The molecule has 1 aromatic carbocycles. The van der Waals surface area contributed by atoms with Crippen LogP contribution in [0.2, 0.25) is 0 Å². The van der Waals surface area contributed by atoms with Gasteiger partial charge in [-0.15, -0.1) is 0 Å². The third-order valence-electron chi connectivity index (χ3n) is 6.92. The van der Waals surface area contributed by atoms with Gasteiger partial charge in [-0.1, -0.05) is 6.58 Å². The molecule has 0 spiro atoms. The Hall–Kier alpha value is -2.06. The van der Waals surface area contributed by atoms with E-state index in [1.165, 1.54) is 5.57 Å². The number of rotatable bonds is 12. The third-order valence-corrected chi connectivity index (χ3v) is 16.1. The monoisotopic (exact) mass is 736 g/mol. The van der Waals surface area contributed by atoms with Gasteiger partial charge in [0.25, 0.3) is 0 Å². The van der Waals surface area contributed by atoms with E-state index in [2.05, 4.69) is 59.8 Å². The molecule has 1 aliphatic carbocycles. The zero-order valence-electron chi connectivity index (χ0n) is 22.6. The molecule has 0 bridgehead atoms. The molecule has 3 rings (SSSR count). The molecule has 38 heavy (non-hydrogen) atoms. The standard InChI is InChI=1S/C31H38I2N4O/c1-6-8-23(15-20(3)9-11-29(36)27-17-26(27)21(4)37-7-2)24-10-12-30(25(16-24)19-34)38-31-13-14-33(22(5)35)18-28(31)32/h6-8,10,12,15-16,26-28,31,35-36H,1,4,9,11,13-14,17-18H2,2-3,5H3/b20-15+,23-8+,35-22?,36-29?,37-7?/t26?,27?,28-,31+/m1/s1. The van der Waals surface area contributed by atoms with Crippen LogP contribution in [-0.4, -0.2) is 34.5 Å². The SMILES string of the molecule is C=C/C=C(\C=C(/C)CCC(=N)C1CC1C(=C)N=CC)c1ccc(O[C@H]2CCI(C(C)=N)C[C@H]2I)c(C#N)c1. The van der Waals surface area contributed by atoms with E-state index in [4.69, 9.17) is 15.6 Å². The average Bonchev–Trinajstić information content (AvgIpc) is 3.70. The number of alkyl halides is 3. The molecule has 4 atom stereocenters. The van der Waals surface area contributed by atoms with Crippen LogP contribution >= 0.6 is 42.4 Å². The van der Waals surface area contributed by atoms with Gasteiger partial charge in [0.1, 0.15) is 0 Å². The Balaban J connectivity index is 1.66. The summed E-state index contributed by atoms with van der Waals surface area (Å²) >= 11 is 1.18. The fourth-order valence-corrected chi connectivity index (χ4v) is 12.7. The fraction of sp³-hybridized carbons (Fsp3) is 0.419. The maximum absolute atomic E-state index is 9.90. The van der Waals surface area contributed by atoms with E-state index in [9.17, 15) is 5.26 Å². The number of hydrogen-bond acceptors (Lipinski definition) is 5. The molecule has 2 fully saturated rings. The second kappa shape index (κ2) is 14.4. The molecule has 0 amide bonds. The Morgan fingerprint density at radius 3 is 2.68 bits per heavy atom. The van der Waals surface area contributed by atoms with Crippen molar-refractivity contribution in [2.24, 2.45) is 16.8 Å². The number of allylic oxidation sites excluding steroid dienone is 6. The van der Waals surface area contributed by atoms with Crippen LogP contribution in [-0.2, 0) is 0 Å². The summed E-state index contributed by atoms with van der Waals surface area (Å²) in [4.78, 5) is 4.29. The number of ether oxygens (including phenoxy) is 1. The van der Waals surface area contributed by atoms with E-state index in [1.54, 1.807) is 12.3 Å². The summed E-state index contributed by atoms with van der Waals surface area (Å²) in [5.41, 5.74) is 5.31. The van der Waals surface area contributed by atoms with Crippen LogP contribution in [0.4, 0.5) is 0 Å².